The molecule has 0 radical (unpaired) electrons. The minimum Gasteiger partial charge on any atom is -0.476 e. The lowest BCUT2D eigenvalue weighted by Crippen LogP contribution is -2.33. The average Bonchev–Trinajstić information content (AvgIpc) is 2.38. The predicted octanol–water partition coefficient (Wildman–Crippen LogP) is 0.928. The van der Waals surface area contributed by atoms with Gasteiger partial charge < -0.3 is 15.3 Å². The van der Waals surface area contributed by atoms with Crippen molar-refractivity contribution >= 4 is 11.8 Å². The van der Waals surface area contributed by atoms with Crippen molar-refractivity contribution in [3.05, 3.63) is 18.1 Å². The highest BCUT2D eigenvalue weighted by molar-refractivity contribution is 5.85. The molecule has 0 spiro atoms. The van der Waals surface area contributed by atoms with Crippen molar-refractivity contribution in [3.63, 3.8) is 0 Å². The van der Waals surface area contributed by atoms with Crippen LogP contribution in [0.2, 0.25) is 0 Å². The third-order valence-electron chi connectivity index (χ3n) is 3.26. The molecule has 0 amide bonds. The van der Waals surface area contributed by atoms with Gasteiger partial charge in [0, 0.05) is 6.54 Å². The van der Waals surface area contributed by atoms with Gasteiger partial charge in [-0.25, -0.2) is 9.78 Å². The highest BCUT2D eigenvalue weighted by Crippen LogP contribution is 2.16. The van der Waals surface area contributed by atoms with Crippen molar-refractivity contribution in [1.29, 1.82) is 0 Å². The summed E-state index contributed by atoms with van der Waals surface area (Å²) in [6.07, 6.45) is 5.13. The van der Waals surface area contributed by atoms with Crippen molar-refractivity contribution in [1.82, 2.24) is 14.9 Å². The van der Waals surface area contributed by atoms with E-state index in [1.54, 1.807) is 6.20 Å². The molecule has 2 heterocycles. The van der Waals surface area contributed by atoms with Gasteiger partial charge in [-0.3, -0.25) is 4.98 Å². The van der Waals surface area contributed by atoms with Crippen LogP contribution in [0.15, 0.2) is 12.4 Å². The Hall–Kier alpha value is -1.69. The van der Waals surface area contributed by atoms with Gasteiger partial charge >= 0.3 is 5.97 Å². The number of hydrogen-bond acceptors (Lipinski definition) is 5. The fourth-order valence-corrected chi connectivity index (χ4v) is 2.07. The smallest absolute Gasteiger partial charge is 0.356 e. The fourth-order valence-electron chi connectivity index (χ4n) is 2.07. The van der Waals surface area contributed by atoms with E-state index in [0.29, 0.717) is 11.7 Å². The molecule has 0 bridgehead atoms. The summed E-state index contributed by atoms with van der Waals surface area (Å²) in [4.78, 5) is 20.9. The molecule has 98 valence electrons. The zero-order valence-electron chi connectivity index (χ0n) is 10.5. The van der Waals surface area contributed by atoms with Crippen molar-refractivity contribution in [3.8, 4) is 0 Å². The van der Waals surface area contributed by atoms with Gasteiger partial charge in [-0.15, -0.1) is 0 Å². The van der Waals surface area contributed by atoms with Gasteiger partial charge in [0.05, 0.1) is 12.4 Å². The standard InChI is InChI=1S/C12H18N4O2/c1-16-4-2-9(3-5-16)6-14-11-8-13-7-10(15-11)12(17)18/h7-9H,2-6H2,1H3,(H,14,15)(H,17,18). The monoisotopic (exact) mass is 250 g/mol. The second-order valence-corrected chi connectivity index (χ2v) is 4.72. The first-order chi connectivity index (χ1) is 8.65. The fraction of sp³-hybridized carbons (Fsp3) is 0.583. The molecular weight excluding hydrogens is 232 g/mol. The normalized spacial score (nSPS) is 17.6. The zero-order chi connectivity index (χ0) is 13.0. The van der Waals surface area contributed by atoms with Crippen molar-refractivity contribution in [2.45, 2.75) is 12.8 Å². The minimum atomic E-state index is -1.05. The summed E-state index contributed by atoms with van der Waals surface area (Å²) >= 11 is 0. The number of anilines is 1. The Morgan fingerprint density at radius 2 is 2.22 bits per heavy atom. The Bertz CT molecular complexity index is 416. The molecule has 1 aliphatic rings. The van der Waals surface area contributed by atoms with Gasteiger partial charge in [0.2, 0.25) is 0 Å². The summed E-state index contributed by atoms with van der Waals surface area (Å²) in [7, 11) is 2.13. The Morgan fingerprint density at radius 1 is 1.50 bits per heavy atom. The summed E-state index contributed by atoms with van der Waals surface area (Å²) in [6.45, 7) is 3.06. The third-order valence-corrected chi connectivity index (χ3v) is 3.26. The Kier molecular flexibility index (Phi) is 4.09. The summed E-state index contributed by atoms with van der Waals surface area (Å²) in [5.74, 6) is 0.107. The molecule has 1 aromatic heterocycles. The van der Waals surface area contributed by atoms with E-state index in [-0.39, 0.29) is 5.69 Å². The number of rotatable bonds is 4. The first-order valence-corrected chi connectivity index (χ1v) is 6.13. The maximum Gasteiger partial charge on any atom is 0.356 e. The number of hydrogen-bond donors (Lipinski definition) is 2. The molecule has 1 fully saturated rings. The van der Waals surface area contributed by atoms with E-state index in [1.165, 1.54) is 6.20 Å². The first kappa shape index (κ1) is 12.8. The number of nitrogens with zero attached hydrogens (tertiary/aromatic N) is 3. The maximum absolute atomic E-state index is 10.8. The van der Waals surface area contributed by atoms with Gasteiger partial charge in [-0.2, -0.15) is 0 Å². The molecule has 1 saturated heterocycles. The molecule has 6 heteroatoms. The predicted molar refractivity (Wildman–Crippen MR) is 67.7 cm³/mol. The van der Waals surface area contributed by atoms with Crippen molar-refractivity contribution in [2.24, 2.45) is 5.92 Å². The second-order valence-electron chi connectivity index (χ2n) is 4.72. The number of carboxylic acid groups (broad SMARTS) is 1. The number of carboxylic acids is 1. The van der Waals surface area contributed by atoms with Gasteiger partial charge in [-0.1, -0.05) is 0 Å². The van der Waals surface area contributed by atoms with Crippen LogP contribution >= 0.6 is 0 Å². The van der Waals surface area contributed by atoms with E-state index in [2.05, 4.69) is 27.2 Å². The molecule has 18 heavy (non-hydrogen) atoms. The SMILES string of the molecule is CN1CCC(CNc2cncc(C(=O)O)n2)CC1. The largest absolute Gasteiger partial charge is 0.476 e. The van der Waals surface area contributed by atoms with Crippen LogP contribution in [0.3, 0.4) is 0 Å². The van der Waals surface area contributed by atoms with Crippen LogP contribution in [-0.4, -0.2) is 52.6 Å². The third kappa shape index (κ3) is 3.40. The number of piperidine rings is 1. The lowest BCUT2D eigenvalue weighted by molar-refractivity contribution is 0.0690. The Labute approximate surface area is 106 Å². The van der Waals surface area contributed by atoms with Crippen molar-refractivity contribution < 1.29 is 9.90 Å². The summed E-state index contributed by atoms with van der Waals surface area (Å²) in [5.41, 5.74) is -0.0247. The summed E-state index contributed by atoms with van der Waals surface area (Å²) in [6, 6.07) is 0. The second kappa shape index (κ2) is 5.77. The van der Waals surface area contributed by atoms with Gasteiger partial charge in [0.25, 0.3) is 0 Å². The zero-order valence-corrected chi connectivity index (χ0v) is 10.5. The van der Waals surface area contributed by atoms with E-state index in [9.17, 15) is 4.79 Å². The van der Waals surface area contributed by atoms with Crippen LogP contribution in [-0.2, 0) is 0 Å². The molecular formula is C12H18N4O2. The highest BCUT2D eigenvalue weighted by atomic mass is 16.4. The van der Waals surface area contributed by atoms with E-state index >= 15 is 0 Å². The van der Waals surface area contributed by atoms with Crippen LogP contribution in [0.25, 0.3) is 0 Å². The minimum absolute atomic E-state index is 0.0247. The van der Waals surface area contributed by atoms with E-state index in [0.717, 1.165) is 32.5 Å². The Morgan fingerprint density at radius 3 is 2.89 bits per heavy atom. The quantitative estimate of drug-likeness (QED) is 0.827. The molecule has 1 aliphatic heterocycles. The lowest BCUT2D eigenvalue weighted by Gasteiger charge is -2.29. The number of aromatic carboxylic acids is 1. The molecule has 0 unspecified atom stereocenters. The van der Waals surface area contributed by atoms with Crippen LogP contribution in [0, 0.1) is 5.92 Å². The van der Waals surface area contributed by atoms with Crippen LogP contribution in [0.1, 0.15) is 23.3 Å². The molecule has 2 N–H and O–H groups in total. The van der Waals surface area contributed by atoms with Gasteiger partial charge in [0.1, 0.15) is 5.82 Å². The molecule has 6 nitrogen and oxygen atoms in total. The average molecular weight is 250 g/mol. The summed E-state index contributed by atoms with van der Waals surface area (Å²) in [5, 5.41) is 12.0. The molecule has 2 rings (SSSR count). The van der Waals surface area contributed by atoms with Crippen LogP contribution < -0.4 is 5.32 Å². The van der Waals surface area contributed by atoms with Crippen molar-refractivity contribution in [2.75, 3.05) is 32.0 Å². The molecule has 0 aliphatic carbocycles. The van der Waals surface area contributed by atoms with Crippen LogP contribution in [0.4, 0.5) is 5.82 Å². The van der Waals surface area contributed by atoms with Crippen LogP contribution in [0.5, 0.6) is 0 Å². The number of likely N-dealkylation sites (tertiary alicyclic amines) is 1. The first-order valence-electron chi connectivity index (χ1n) is 6.13. The molecule has 0 atom stereocenters. The van der Waals surface area contributed by atoms with Gasteiger partial charge in [-0.05, 0) is 38.9 Å². The lowest BCUT2D eigenvalue weighted by atomic mass is 9.97. The number of aromatic nitrogens is 2. The summed E-state index contributed by atoms with van der Waals surface area (Å²) < 4.78 is 0. The highest BCUT2D eigenvalue weighted by Gasteiger charge is 2.16. The Balaban J connectivity index is 1.86. The van der Waals surface area contributed by atoms with E-state index in [1.807, 2.05) is 0 Å². The van der Waals surface area contributed by atoms with Gasteiger partial charge in [0.15, 0.2) is 5.69 Å². The number of nitrogens with one attached hydrogen (secondary N) is 1. The topological polar surface area (TPSA) is 78.4 Å². The number of carbonyl (C=O) groups is 1. The molecule has 0 aromatic carbocycles. The van der Waals surface area contributed by atoms with E-state index in [4.69, 9.17) is 5.11 Å². The molecule has 1 aromatic rings. The maximum atomic E-state index is 10.8. The molecule has 0 saturated carbocycles. The van der Waals surface area contributed by atoms with E-state index < -0.39 is 5.97 Å².